The molecule has 1 N–H and O–H groups in total. The average molecular weight is 268 g/mol. The summed E-state index contributed by atoms with van der Waals surface area (Å²) in [5.41, 5.74) is 2.38. The standard InChI is InChI=1S/C13H17N3O.ClH/c1-10-13(17)16(9-5-8-14-2)12-7-4-3-6-11(12)15-10;/h3-4,6-7,14H,5,8-9H2,1-2H3;1H. The monoisotopic (exact) mass is 267 g/mol. The first-order valence-corrected chi connectivity index (χ1v) is 5.85. The molecule has 0 aliphatic carbocycles. The molecule has 0 atom stereocenters. The van der Waals surface area contributed by atoms with E-state index in [0.29, 0.717) is 5.69 Å². The van der Waals surface area contributed by atoms with E-state index in [0.717, 1.165) is 30.5 Å². The van der Waals surface area contributed by atoms with Gasteiger partial charge < -0.3 is 9.88 Å². The lowest BCUT2D eigenvalue weighted by molar-refractivity contribution is 0.608. The minimum atomic E-state index is 0. The third kappa shape index (κ3) is 2.89. The van der Waals surface area contributed by atoms with Crippen molar-refractivity contribution in [2.75, 3.05) is 13.6 Å². The van der Waals surface area contributed by atoms with E-state index in [1.807, 2.05) is 35.9 Å². The Morgan fingerprint density at radius 1 is 1.33 bits per heavy atom. The van der Waals surface area contributed by atoms with Crippen LogP contribution in [0.5, 0.6) is 0 Å². The van der Waals surface area contributed by atoms with Gasteiger partial charge in [0.2, 0.25) is 0 Å². The molecule has 98 valence electrons. The highest BCUT2D eigenvalue weighted by Crippen LogP contribution is 2.09. The number of fused-ring (bicyclic) bond motifs is 1. The van der Waals surface area contributed by atoms with E-state index in [-0.39, 0.29) is 18.0 Å². The zero-order chi connectivity index (χ0) is 12.3. The van der Waals surface area contributed by atoms with Crippen molar-refractivity contribution in [2.45, 2.75) is 19.9 Å². The fourth-order valence-corrected chi connectivity index (χ4v) is 1.96. The van der Waals surface area contributed by atoms with E-state index in [4.69, 9.17) is 0 Å². The van der Waals surface area contributed by atoms with E-state index in [1.54, 1.807) is 6.92 Å². The number of benzene rings is 1. The predicted octanol–water partition coefficient (Wildman–Crippen LogP) is 1.74. The van der Waals surface area contributed by atoms with Crippen LogP contribution in [0.3, 0.4) is 0 Å². The van der Waals surface area contributed by atoms with Gasteiger partial charge in [0.05, 0.1) is 11.0 Å². The molecule has 0 unspecified atom stereocenters. The fraction of sp³-hybridized carbons (Fsp3) is 0.385. The summed E-state index contributed by atoms with van der Waals surface area (Å²) in [5, 5.41) is 3.09. The maximum Gasteiger partial charge on any atom is 0.272 e. The molecule has 1 heterocycles. The molecule has 0 radical (unpaired) electrons. The van der Waals surface area contributed by atoms with Crippen LogP contribution in [-0.4, -0.2) is 23.1 Å². The molecule has 5 heteroatoms. The van der Waals surface area contributed by atoms with Crippen LogP contribution < -0.4 is 10.9 Å². The summed E-state index contributed by atoms with van der Waals surface area (Å²) >= 11 is 0. The Hall–Kier alpha value is -1.39. The minimum Gasteiger partial charge on any atom is -0.320 e. The third-order valence-corrected chi connectivity index (χ3v) is 2.82. The first-order valence-electron chi connectivity index (χ1n) is 5.85. The van der Waals surface area contributed by atoms with Crippen molar-refractivity contribution in [3.8, 4) is 0 Å². The molecule has 2 aromatic rings. The number of hydrogen-bond donors (Lipinski definition) is 1. The lowest BCUT2D eigenvalue weighted by Gasteiger charge is -2.10. The van der Waals surface area contributed by atoms with E-state index in [2.05, 4.69) is 10.3 Å². The van der Waals surface area contributed by atoms with Gasteiger partial charge in [0.25, 0.3) is 5.56 Å². The largest absolute Gasteiger partial charge is 0.320 e. The van der Waals surface area contributed by atoms with Gasteiger partial charge in [0, 0.05) is 6.54 Å². The van der Waals surface area contributed by atoms with Gasteiger partial charge in [-0.1, -0.05) is 12.1 Å². The molecule has 0 saturated carbocycles. The number of nitrogens with one attached hydrogen (secondary N) is 1. The Kier molecular flexibility index (Phi) is 5.31. The maximum atomic E-state index is 12.1. The highest BCUT2D eigenvalue weighted by molar-refractivity contribution is 5.85. The zero-order valence-corrected chi connectivity index (χ0v) is 11.5. The molecule has 18 heavy (non-hydrogen) atoms. The highest BCUT2D eigenvalue weighted by Gasteiger charge is 2.06. The number of halogens is 1. The van der Waals surface area contributed by atoms with Crippen LogP contribution in [0.25, 0.3) is 11.0 Å². The molecular weight excluding hydrogens is 250 g/mol. The van der Waals surface area contributed by atoms with E-state index in [9.17, 15) is 4.79 Å². The van der Waals surface area contributed by atoms with Gasteiger partial charge in [-0.25, -0.2) is 4.98 Å². The van der Waals surface area contributed by atoms with Crippen molar-refractivity contribution in [3.63, 3.8) is 0 Å². The molecule has 1 aromatic carbocycles. The Bertz CT molecular complexity index is 580. The predicted molar refractivity (Wildman–Crippen MR) is 76.5 cm³/mol. The summed E-state index contributed by atoms with van der Waals surface area (Å²) in [5.74, 6) is 0. The summed E-state index contributed by atoms with van der Waals surface area (Å²) in [6, 6.07) is 7.77. The minimum absolute atomic E-state index is 0. The smallest absolute Gasteiger partial charge is 0.272 e. The molecule has 1 aromatic heterocycles. The Labute approximate surface area is 112 Å². The van der Waals surface area contributed by atoms with Crippen molar-refractivity contribution in [3.05, 3.63) is 40.3 Å². The van der Waals surface area contributed by atoms with Crippen molar-refractivity contribution in [1.29, 1.82) is 0 Å². The summed E-state index contributed by atoms with van der Waals surface area (Å²) in [4.78, 5) is 16.4. The first-order chi connectivity index (χ1) is 8.24. The average Bonchev–Trinajstić information content (AvgIpc) is 2.34. The Balaban J connectivity index is 0.00000162. The second-order valence-corrected chi connectivity index (χ2v) is 4.10. The summed E-state index contributed by atoms with van der Waals surface area (Å²) in [6.07, 6.45) is 0.934. The highest BCUT2D eigenvalue weighted by atomic mass is 35.5. The van der Waals surface area contributed by atoms with Gasteiger partial charge in [-0.2, -0.15) is 0 Å². The van der Waals surface area contributed by atoms with Crippen LogP contribution in [0, 0.1) is 6.92 Å². The fourth-order valence-electron chi connectivity index (χ4n) is 1.96. The van der Waals surface area contributed by atoms with E-state index in [1.165, 1.54) is 0 Å². The van der Waals surface area contributed by atoms with Gasteiger partial charge in [-0.15, -0.1) is 12.4 Å². The zero-order valence-electron chi connectivity index (χ0n) is 10.6. The Morgan fingerprint density at radius 2 is 2.06 bits per heavy atom. The summed E-state index contributed by atoms with van der Waals surface area (Å²) in [6.45, 7) is 3.40. The molecule has 2 rings (SSSR count). The second kappa shape index (κ2) is 6.52. The van der Waals surface area contributed by atoms with Crippen molar-refractivity contribution in [1.82, 2.24) is 14.9 Å². The van der Waals surface area contributed by atoms with Gasteiger partial charge in [-0.05, 0) is 39.1 Å². The molecule has 4 nitrogen and oxygen atoms in total. The van der Waals surface area contributed by atoms with Crippen molar-refractivity contribution < 1.29 is 0 Å². The molecule has 0 aliphatic heterocycles. The summed E-state index contributed by atoms with van der Waals surface area (Å²) < 4.78 is 1.81. The molecule has 0 fully saturated rings. The van der Waals surface area contributed by atoms with Crippen molar-refractivity contribution >= 4 is 23.4 Å². The van der Waals surface area contributed by atoms with Gasteiger partial charge in [-0.3, -0.25) is 4.79 Å². The van der Waals surface area contributed by atoms with Crippen LogP contribution >= 0.6 is 12.4 Å². The first kappa shape index (κ1) is 14.7. The van der Waals surface area contributed by atoms with Gasteiger partial charge in [0.1, 0.15) is 5.69 Å². The number of aromatic nitrogens is 2. The molecule has 0 amide bonds. The number of rotatable bonds is 4. The third-order valence-electron chi connectivity index (χ3n) is 2.82. The van der Waals surface area contributed by atoms with Crippen LogP contribution in [-0.2, 0) is 6.54 Å². The lowest BCUT2D eigenvalue weighted by Crippen LogP contribution is -2.25. The quantitative estimate of drug-likeness (QED) is 0.859. The molecule has 0 saturated heterocycles. The number of nitrogens with zero attached hydrogens (tertiary/aromatic N) is 2. The van der Waals surface area contributed by atoms with E-state index < -0.39 is 0 Å². The van der Waals surface area contributed by atoms with Gasteiger partial charge >= 0.3 is 0 Å². The molecule has 0 aliphatic rings. The number of aryl methyl sites for hydroxylation is 2. The SMILES string of the molecule is CNCCCn1c(=O)c(C)nc2ccccc21.Cl. The van der Waals surface area contributed by atoms with Gasteiger partial charge in [0.15, 0.2) is 0 Å². The Morgan fingerprint density at radius 3 is 2.78 bits per heavy atom. The number of hydrogen-bond acceptors (Lipinski definition) is 3. The lowest BCUT2D eigenvalue weighted by atomic mass is 10.2. The molecular formula is C13H18ClN3O. The van der Waals surface area contributed by atoms with Crippen molar-refractivity contribution in [2.24, 2.45) is 0 Å². The van der Waals surface area contributed by atoms with E-state index >= 15 is 0 Å². The normalized spacial score (nSPS) is 10.3. The number of para-hydroxylation sites is 2. The second-order valence-electron chi connectivity index (χ2n) is 4.10. The topological polar surface area (TPSA) is 46.9 Å². The molecule has 0 spiro atoms. The van der Waals surface area contributed by atoms with Crippen LogP contribution in [0.2, 0.25) is 0 Å². The maximum absolute atomic E-state index is 12.1. The van der Waals surface area contributed by atoms with Crippen LogP contribution in [0.15, 0.2) is 29.1 Å². The van der Waals surface area contributed by atoms with Crippen LogP contribution in [0.1, 0.15) is 12.1 Å². The molecule has 0 bridgehead atoms. The summed E-state index contributed by atoms with van der Waals surface area (Å²) in [7, 11) is 1.92. The van der Waals surface area contributed by atoms with Crippen LogP contribution in [0.4, 0.5) is 0 Å².